The molecule has 0 bridgehead atoms. The maximum Gasteiger partial charge on any atom is 0.117 e. The number of furan rings is 1. The van der Waals surface area contributed by atoms with Crippen molar-refractivity contribution < 1.29 is 4.42 Å². The first-order valence-corrected chi connectivity index (χ1v) is 7.76. The number of hydrogen-bond donors (Lipinski definition) is 1. The van der Waals surface area contributed by atoms with Crippen LogP contribution in [0.4, 0.5) is 0 Å². The molecular formula is C16H28N2O. The minimum atomic E-state index is 0.749. The van der Waals surface area contributed by atoms with E-state index in [0.29, 0.717) is 0 Å². The predicted octanol–water partition coefficient (Wildman–Crippen LogP) is 3.27. The van der Waals surface area contributed by atoms with E-state index >= 15 is 0 Å². The summed E-state index contributed by atoms with van der Waals surface area (Å²) in [7, 11) is 0. The first kappa shape index (κ1) is 14.6. The van der Waals surface area contributed by atoms with Gasteiger partial charge in [-0.25, -0.2) is 0 Å². The normalized spacial score (nSPS) is 23.9. The van der Waals surface area contributed by atoms with Gasteiger partial charge in [-0.15, -0.1) is 0 Å². The first-order valence-electron chi connectivity index (χ1n) is 7.76. The van der Waals surface area contributed by atoms with Gasteiger partial charge in [0, 0.05) is 19.1 Å². The van der Waals surface area contributed by atoms with Crippen molar-refractivity contribution in [3.05, 3.63) is 24.2 Å². The molecule has 0 radical (unpaired) electrons. The zero-order chi connectivity index (χ0) is 13.5. The molecule has 108 valence electrons. The standard InChI is InChI=1S/C16H28N2O/c1-3-18(13-16-5-4-12-19-16)11-10-17-15-8-6-14(2)7-9-15/h4-5,12,14-15,17H,3,6-11,13H2,1-2H3. The van der Waals surface area contributed by atoms with E-state index in [4.69, 9.17) is 4.42 Å². The minimum absolute atomic E-state index is 0.749. The molecule has 1 saturated carbocycles. The molecule has 1 aromatic heterocycles. The average Bonchev–Trinajstić information content (AvgIpc) is 2.93. The van der Waals surface area contributed by atoms with E-state index in [2.05, 4.69) is 30.1 Å². The second kappa shape index (κ2) is 7.71. The maximum atomic E-state index is 5.41. The van der Waals surface area contributed by atoms with Gasteiger partial charge in [0.2, 0.25) is 0 Å². The van der Waals surface area contributed by atoms with Crippen LogP contribution in [0.25, 0.3) is 0 Å². The Bertz CT molecular complexity index is 329. The van der Waals surface area contributed by atoms with Gasteiger partial charge in [0.15, 0.2) is 0 Å². The fraction of sp³-hybridized carbons (Fsp3) is 0.750. The van der Waals surface area contributed by atoms with E-state index in [1.54, 1.807) is 6.26 Å². The summed E-state index contributed by atoms with van der Waals surface area (Å²) in [5.74, 6) is 2.00. The van der Waals surface area contributed by atoms with Crippen LogP contribution in [0.15, 0.2) is 22.8 Å². The van der Waals surface area contributed by atoms with Gasteiger partial charge in [-0.05, 0) is 50.3 Å². The molecule has 1 aliphatic rings. The van der Waals surface area contributed by atoms with Crippen LogP contribution >= 0.6 is 0 Å². The summed E-state index contributed by atoms with van der Waals surface area (Å²) < 4.78 is 5.41. The summed E-state index contributed by atoms with van der Waals surface area (Å²) >= 11 is 0. The van der Waals surface area contributed by atoms with Gasteiger partial charge in [-0.1, -0.05) is 13.8 Å². The molecule has 0 aromatic carbocycles. The van der Waals surface area contributed by atoms with Crippen molar-refractivity contribution in [3.63, 3.8) is 0 Å². The Morgan fingerprint density at radius 2 is 2.11 bits per heavy atom. The van der Waals surface area contributed by atoms with Gasteiger partial charge < -0.3 is 9.73 Å². The van der Waals surface area contributed by atoms with Gasteiger partial charge in [0.05, 0.1) is 12.8 Å². The number of hydrogen-bond acceptors (Lipinski definition) is 3. The quantitative estimate of drug-likeness (QED) is 0.819. The van der Waals surface area contributed by atoms with Gasteiger partial charge in [-0.3, -0.25) is 4.90 Å². The summed E-state index contributed by atoms with van der Waals surface area (Å²) in [6.07, 6.45) is 7.24. The van der Waals surface area contributed by atoms with Crippen LogP contribution in [0.3, 0.4) is 0 Å². The van der Waals surface area contributed by atoms with E-state index in [1.165, 1.54) is 25.7 Å². The van der Waals surface area contributed by atoms with Crippen molar-refractivity contribution in [2.45, 2.75) is 52.1 Å². The highest BCUT2D eigenvalue weighted by atomic mass is 16.3. The zero-order valence-electron chi connectivity index (χ0n) is 12.4. The number of nitrogens with zero attached hydrogens (tertiary/aromatic N) is 1. The lowest BCUT2D eigenvalue weighted by molar-refractivity contribution is 0.240. The molecule has 19 heavy (non-hydrogen) atoms. The third-order valence-electron chi connectivity index (χ3n) is 4.28. The lowest BCUT2D eigenvalue weighted by Gasteiger charge is -2.28. The maximum absolute atomic E-state index is 5.41. The molecule has 1 fully saturated rings. The summed E-state index contributed by atoms with van der Waals surface area (Å²) in [5.41, 5.74) is 0. The van der Waals surface area contributed by atoms with Gasteiger partial charge >= 0.3 is 0 Å². The molecule has 0 saturated heterocycles. The molecule has 0 amide bonds. The summed E-state index contributed by atoms with van der Waals surface area (Å²) in [4.78, 5) is 2.43. The largest absolute Gasteiger partial charge is 0.468 e. The summed E-state index contributed by atoms with van der Waals surface area (Å²) in [5, 5.41) is 3.71. The Morgan fingerprint density at radius 1 is 1.32 bits per heavy atom. The van der Waals surface area contributed by atoms with Crippen molar-refractivity contribution in [2.75, 3.05) is 19.6 Å². The monoisotopic (exact) mass is 264 g/mol. The highest BCUT2D eigenvalue weighted by molar-refractivity contribution is 4.97. The zero-order valence-corrected chi connectivity index (χ0v) is 12.4. The molecule has 1 N–H and O–H groups in total. The van der Waals surface area contributed by atoms with Crippen LogP contribution < -0.4 is 5.32 Å². The lowest BCUT2D eigenvalue weighted by Crippen LogP contribution is -2.38. The van der Waals surface area contributed by atoms with E-state index in [-0.39, 0.29) is 0 Å². The Hall–Kier alpha value is -0.800. The molecule has 0 atom stereocenters. The van der Waals surface area contributed by atoms with E-state index in [0.717, 1.165) is 43.9 Å². The van der Waals surface area contributed by atoms with Crippen LogP contribution in [0.2, 0.25) is 0 Å². The minimum Gasteiger partial charge on any atom is -0.468 e. The SMILES string of the molecule is CCN(CCNC1CCC(C)CC1)Cc1ccco1. The van der Waals surface area contributed by atoms with Crippen LogP contribution in [0, 0.1) is 5.92 Å². The van der Waals surface area contributed by atoms with Crippen molar-refractivity contribution in [3.8, 4) is 0 Å². The molecule has 0 unspecified atom stereocenters. The molecule has 1 heterocycles. The predicted molar refractivity (Wildman–Crippen MR) is 79.1 cm³/mol. The average molecular weight is 264 g/mol. The second-order valence-corrected chi connectivity index (χ2v) is 5.86. The molecule has 1 aliphatic carbocycles. The van der Waals surface area contributed by atoms with Crippen molar-refractivity contribution in [1.82, 2.24) is 10.2 Å². The molecule has 3 heteroatoms. The molecule has 1 aromatic rings. The highest BCUT2D eigenvalue weighted by Crippen LogP contribution is 2.23. The second-order valence-electron chi connectivity index (χ2n) is 5.86. The third-order valence-corrected chi connectivity index (χ3v) is 4.28. The Balaban J connectivity index is 1.63. The Morgan fingerprint density at radius 3 is 2.74 bits per heavy atom. The number of nitrogens with one attached hydrogen (secondary N) is 1. The number of likely N-dealkylation sites (N-methyl/N-ethyl adjacent to an activating group) is 1. The highest BCUT2D eigenvalue weighted by Gasteiger charge is 2.17. The van der Waals surface area contributed by atoms with Gasteiger partial charge in [0.25, 0.3) is 0 Å². The molecule has 0 spiro atoms. The first-order chi connectivity index (χ1) is 9.28. The van der Waals surface area contributed by atoms with E-state index in [9.17, 15) is 0 Å². The third kappa shape index (κ3) is 5.00. The number of rotatable bonds is 7. The van der Waals surface area contributed by atoms with Crippen molar-refractivity contribution in [2.24, 2.45) is 5.92 Å². The van der Waals surface area contributed by atoms with Crippen LogP contribution in [0.5, 0.6) is 0 Å². The smallest absolute Gasteiger partial charge is 0.117 e. The molecule has 3 nitrogen and oxygen atoms in total. The van der Waals surface area contributed by atoms with Gasteiger partial charge in [-0.2, -0.15) is 0 Å². The fourth-order valence-corrected chi connectivity index (χ4v) is 2.86. The van der Waals surface area contributed by atoms with Crippen molar-refractivity contribution in [1.29, 1.82) is 0 Å². The van der Waals surface area contributed by atoms with Gasteiger partial charge in [0.1, 0.15) is 5.76 Å². The van der Waals surface area contributed by atoms with Crippen molar-refractivity contribution >= 4 is 0 Å². The topological polar surface area (TPSA) is 28.4 Å². The Kier molecular flexibility index (Phi) is 5.93. The fourth-order valence-electron chi connectivity index (χ4n) is 2.86. The lowest BCUT2D eigenvalue weighted by atomic mass is 9.87. The van der Waals surface area contributed by atoms with Crippen LogP contribution in [-0.4, -0.2) is 30.6 Å². The van der Waals surface area contributed by atoms with E-state index in [1.807, 2.05) is 6.07 Å². The molecule has 2 rings (SSSR count). The van der Waals surface area contributed by atoms with E-state index < -0.39 is 0 Å². The molecule has 0 aliphatic heterocycles. The summed E-state index contributed by atoms with van der Waals surface area (Å²) in [6, 6.07) is 4.77. The summed E-state index contributed by atoms with van der Waals surface area (Å²) in [6.45, 7) is 8.78. The molecular weight excluding hydrogens is 236 g/mol. The van der Waals surface area contributed by atoms with Crippen LogP contribution in [-0.2, 0) is 6.54 Å². The van der Waals surface area contributed by atoms with Crippen LogP contribution in [0.1, 0.15) is 45.3 Å². The Labute approximate surface area is 117 Å².